The molecular weight excluding hydrogens is 234 g/mol. The molecule has 0 amide bonds. The third-order valence-electron chi connectivity index (χ3n) is 2.71. The Kier molecular flexibility index (Phi) is 3.45. The number of rotatable bonds is 3. The molecule has 3 nitrogen and oxygen atoms in total. The van der Waals surface area contributed by atoms with Gasteiger partial charge >= 0.3 is 0 Å². The number of thiazole rings is 1. The highest BCUT2D eigenvalue weighted by Gasteiger charge is 2.19. The van der Waals surface area contributed by atoms with E-state index < -0.39 is 6.10 Å². The van der Waals surface area contributed by atoms with Gasteiger partial charge in [0.25, 0.3) is 0 Å². The van der Waals surface area contributed by atoms with Gasteiger partial charge in [-0.1, -0.05) is 6.07 Å². The Morgan fingerprint density at radius 2 is 2.12 bits per heavy atom. The molecule has 0 fully saturated rings. The molecule has 1 aromatic carbocycles. The van der Waals surface area contributed by atoms with Crippen molar-refractivity contribution in [2.75, 3.05) is 7.11 Å². The summed E-state index contributed by atoms with van der Waals surface area (Å²) in [5.74, 6) is 0.725. The number of aromatic nitrogens is 1. The fraction of sp³-hybridized carbons (Fsp3) is 0.308. The van der Waals surface area contributed by atoms with Gasteiger partial charge in [-0.2, -0.15) is 0 Å². The quantitative estimate of drug-likeness (QED) is 0.909. The van der Waals surface area contributed by atoms with Crippen LogP contribution in [0.1, 0.15) is 27.7 Å². The van der Waals surface area contributed by atoms with Gasteiger partial charge in [-0.25, -0.2) is 0 Å². The first-order chi connectivity index (χ1) is 8.13. The Labute approximate surface area is 105 Å². The summed E-state index contributed by atoms with van der Waals surface area (Å²) in [5, 5.41) is 10.4. The van der Waals surface area contributed by atoms with Crippen molar-refractivity contribution in [3.63, 3.8) is 0 Å². The maximum atomic E-state index is 10.4. The third kappa shape index (κ3) is 2.33. The van der Waals surface area contributed by atoms with Crippen molar-refractivity contribution < 1.29 is 9.84 Å². The van der Waals surface area contributed by atoms with Crippen molar-refractivity contribution in [1.29, 1.82) is 0 Å². The van der Waals surface area contributed by atoms with Gasteiger partial charge in [-0.05, 0) is 31.0 Å². The number of aliphatic hydroxyl groups excluding tert-OH is 1. The maximum Gasteiger partial charge on any atom is 0.125 e. The number of benzene rings is 1. The van der Waals surface area contributed by atoms with Crippen LogP contribution in [0.5, 0.6) is 5.75 Å². The van der Waals surface area contributed by atoms with Crippen molar-refractivity contribution in [3.05, 3.63) is 45.4 Å². The van der Waals surface area contributed by atoms with E-state index in [1.54, 1.807) is 18.8 Å². The largest absolute Gasteiger partial charge is 0.496 e. The van der Waals surface area contributed by atoms with Gasteiger partial charge in [-0.15, -0.1) is 11.3 Å². The van der Waals surface area contributed by atoms with E-state index in [9.17, 15) is 5.11 Å². The zero-order valence-corrected chi connectivity index (χ0v) is 10.9. The van der Waals surface area contributed by atoms with Crippen LogP contribution in [0.15, 0.2) is 23.8 Å². The Balaban J connectivity index is 2.51. The summed E-state index contributed by atoms with van der Waals surface area (Å²) in [6.07, 6.45) is 1.02. The normalized spacial score (nSPS) is 12.5. The van der Waals surface area contributed by atoms with E-state index in [-0.39, 0.29) is 0 Å². The first-order valence-corrected chi connectivity index (χ1v) is 6.23. The summed E-state index contributed by atoms with van der Waals surface area (Å²) in [4.78, 5) is 4.82. The van der Waals surface area contributed by atoms with Gasteiger partial charge in [0, 0.05) is 11.8 Å². The summed E-state index contributed by atoms with van der Waals surface area (Å²) in [5.41, 5.74) is 4.69. The lowest BCUT2D eigenvalue weighted by atomic mass is 9.99. The molecule has 0 saturated heterocycles. The highest BCUT2D eigenvalue weighted by atomic mass is 32.1. The fourth-order valence-electron chi connectivity index (χ4n) is 1.96. The second kappa shape index (κ2) is 4.85. The molecular formula is C13H15NO2S. The van der Waals surface area contributed by atoms with E-state index in [4.69, 9.17) is 4.74 Å². The van der Waals surface area contributed by atoms with E-state index in [2.05, 4.69) is 4.98 Å². The van der Waals surface area contributed by atoms with E-state index >= 15 is 0 Å². The van der Waals surface area contributed by atoms with Crippen molar-refractivity contribution >= 4 is 11.3 Å². The standard InChI is InChI=1S/C13H15NO2S/c1-8-4-9(2)12(10(5-8)16-3)13(15)11-6-14-7-17-11/h4-7,13,15H,1-3H3. The van der Waals surface area contributed by atoms with Crippen LogP contribution in [0.4, 0.5) is 0 Å². The number of aliphatic hydroxyl groups is 1. The van der Waals surface area contributed by atoms with Crippen molar-refractivity contribution in [2.24, 2.45) is 0 Å². The molecule has 0 saturated carbocycles. The van der Waals surface area contributed by atoms with Gasteiger partial charge in [0.15, 0.2) is 0 Å². The molecule has 1 atom stereocenters. The lowest BCUT2D eigenvalue weighted by Gasteiger charge is -2.17. The first-order valence-electron chi connectivity index (χ1n) is 5.35. The van der Waals surface area contributed by atoms with Gasteiger partial charge in [-0.3, -0.25) is 4.98 Å². The zero-order valence-electron chi connectivity index (χ0n) is 10.1. The molecule has 0 aliphatic heterocycles. The predicted octanol–water partition coefficient (Wildman–Crippen LogP) is 2.85. The smallest absolute Gasteiger partial charge is 0.125 e. The summed E-state index contributed by atoms with van der Waals surface area (Å²) < 4.78 is 5.35. The molecule has 0 bridgehead atoms. The SMILES string of the molecule is COc1cc(C)cc(C)c1C(O)c1cncs1. The first kappa shape index (κ1) is 12.1. The molecule has 17 heavy (non-hydrogen) atoms. The van der Waals surface area contributed by atoms with Crippen LogP contribution < -0.4 is 4.74 Å². The second-order valence-corrected chi connectivity index (χ2v) is 4.92. The number of hydrogen-bond acceptors (Lipinski definition) is 4. The summed E-state index contributed by atoms with van der Waals surface area (Å²) in [7, 11) is 1.62. The van der Waals surface area contributed by atoms with Gasteiger partial charge in [0.2, 0.25) is 0 Å². The molecule has 1 aromatic heterocycles. The molecule has 0 aliphatic rings. The molecule has 0 radical (unpaired) electrons. The van der Waals surface area contributed by atoms with Crippen LogP contribution in [0.2, 0.25) is 0 Å². The van der Waals surface area contributed by atoms with Crippen LogP contribution in [-0.2, 0) is 0 Å². The van der Waals surface area contributed by atoms with Crippen LogP contribution in [-0.4, -0.2) is 17.2 Å². The summed E-state index contributed by atoms with van der Waals surface area (Å²) >= 11 is 1.44. The van der Waals surface area contributed by atoms with E-state index in [0.29, 0.717) is 0 Å². The molecule has 0 spiro atoms. The lowest BCUT2D eigenvalue weighted by molar-refractivity contribution is 0.217. The van der Waals surface area contributed by atoms with Crippen LogP contribution >= 0.6 is 11.3 Å². The van der Waals surface area contributed by atoms with Crippen LogP contribution in [0.25, 0.3) is 0 Å². The molecule has 1 heterocycles. The number of aryl methyl sites for hydroxylation is 2. The molecule has 1 unspecified atom stereocenters. The van der Waals surface area contributed by atoms with Gasteiger partial charge in [0.1, 0.15) is 11.9 Å². The molecule has 2 rings (SSSR count). The summed E-state index contributed by atoms with van der Waals surface area (Å²) in [6, 6.07) is 3.98. The Bertz CT molecular complexity index is 508. The van der Waals surface area contributed by atoms with Crippen molar-refractivity contribution in [1.82, 2.24) is 4.98 Å². The molecule has 1 N–H and O–H groups in total. The van der Waals surface area contributed by atoms with E-state index in [1.165, 1.54) is 11.3 Å². The van der Waals surface area contributed by atoms with Gasteiger partial charge < -0.3 is 9.84 Å². The van der Waals surface area contributed by atoms with Crippen LogP contribution in [0.3, 0.4) is 0 Å². The Morgan fingerprint density at radius 3 is 2.71 bits per heavy atom. The zero-order chi connectivity index (χ0) is 12.4. The average molecular weight is 249 g/mol. The minimum absolute atomic E-state index is 0.668. The molecule has 4 heteroatoms. The lowest BCUT2D eigenvalue weighted by Crippen LogP contribution is -2.04. The Morgan fingerprint density at radius 1 is 1.35 bits per heavy atom. The highest BCUT2D eigenvalue weighted by molar-refractivity contribution is 7.09. The minimum Gasteiger partial charge on any atom is -0.496 e. The molecule has 0 aliphatic carbocycles. The van der Waals surface area contributed by atoms with E-state index in [1.807, 2.05) is 26.0 Å². The number of nitrogens with zero attached hydrogens (tertiary/aromatic N) is 1. The highest BCUT2D eigenvalue weighted by Crippen LogP contribution is 2.34. The minimum atomic E-state index is -0.668. The van der Waals surface area contributed by atoms with Crippen molar-refractivity contribution in [3.8, 4) is 5.75 Å². The average Bonchev–Trinajstić information content (AvgIpc) is 2.80. The fourth-order valence-corrected chi connectivity index (χ4v) is 2.57. The van der Waals surface area contributed by atoms with E-state index in [0.717, 1.165) is 27.3 Å². The maximum absolute atomic E-state index is 10.4. The van der Waals surface area contributed by atoms with Crippen molar-refractivity contribution in [2.45, 2.75) is 20.0 Å². The Hall–Kier alpha value is -1.39. The molecule has 90 valence electrons. The monoisotopic (exact) mass is 249 g/mol. The van der Waals surface area contributed by atoms with Crippen LogP contribution in [0, 0.1) is 13.8 Å². The topological polar surface area (TPSA) is 42.4 Å². The number of methoxy groups -OCH3 is 1. The van der Waals surface area contributed by atoms with Gasteiger partial charge in [0.05, 0.1) is 17.5 Å². The number of ether oxygens (including phenoxy) is 1. The predicted molar refractivity (Wildman–Crippen MR) is 68.6 cm³/mol. The second-order valence-electron chi connectivity index (χ2n) is 4.00. The molecule has 2 aromatic rings. The summed E-state index contributed by atoms with van der Waals surface area (Å²) in [6.45, 7) is 3.99. The number of hydrogen-bond donors (Lipinski definition) is 1. The third-order valence-corrected chi connectivity index (χ3v) is 3.54.